The van der Waals surface area contributed by atoms with E-state index in [2.05, 4.69) is 10.4 Å². The molecule has 1 aromatic rings. The Balaban J connectivity index is 1.95. The molecule has 1 N–H and O–H groups in total. The number of anilines is 1. The second kappa shape index (κ2) is 2.57. The van der Waals surface area contributed by atoms with Gasteiger partial charge in [-0.2, -0.15) is 5.10 Å². The van der Waals surface area contributed by atoms with Crippen molar-refractivity contribution in [3.05, 3.63) is 12.3 Å². The average molecular weight is 151 g/mol. The van der Waals surface area contributed by atoms with Crippen LogP contribution in [-0.4, -0.2) is 15.8 Å². The normalized spacial score (nSPS) is 17.9. The molecule has 3 nitrogen and oxygen atoms in total. The summed E-state index contributed by atoms with van der Waals surface area (Å²) in [5, 5.41) is 7.61. The summed E-state index contributed by atoms with van der Waals surface area (Å²) in [4.78, 5) is 0. The third kappa shape index (κ3) is 1.37. The Labute approximate surface area is 66.4 Å². The van der Waals surface area contributed by atoms with Crippen LogP contribution in [0, 0.1) is 0 Å². The highest BCUT2D eigenvalue weighted by atomic mass is 15.3. The van der Waals surface area contributed by atoms with Crippen LogP contribution in [0.3, 0.4) is 0 Å². The van der Waals surface area contributed by atoms with Gasteiger partial charge in [-0.25, -0.2) is 0 Å². The van der Waals surface area contributed by atoms with Gasteiger partial charge in [0.15, 0.2) is 0 Å². The fraction of sp³-hybridized carbons (Fsp3) is 0.625. The zero-order chi connectivity index (χ0) is 7.68. The number of hydrogen-bond acceptors (Lipinski definition) is 2. The molecule has 0 radical (unpaired) electrons. The van der Waals surface area contributed by atoms with Crippen LogP contribution in [0.2, 0.25) is 0 Å². The molecule has 0 amide bonds. The van der Waals surface area contributed by atoms with E-state index in [0.29, 0.717) is 6.04 Å². The lowest BCUT2D eigenvalue weighted by Crippen LogP contribution is -2.27. The van der Waals surface area contributed by atoms with Crippen LogP contribution < -0.4 is 5.32 Å². The SMILES string of the molecule is Cn1ccc(NC2CCC2)n1. The van der Waals surface area contributed by atoms with E-state index in [1.807, 2.05) is 24.0 Å². The molecule has 60 valence electrons. The Morgan fingerprint density at radius 3 is 2.91 bits per heavy atom. The molecule has 1 heterocycles. The Kier molecular flexibility index (Phi) is 1.56. The van der Waals surface area contributed by atoms with Gasteiger partial charge in [0, 0.05) is 25.4 Å². The molecule has 1 fully saturated rings. The lowest BCUT2D eigenvalue weighted by Gasteiger charge is -2.26. The van der Waals surface area contributed by atoms with Crippen LogP contribution in [0.4, 0.5) is 5.82 Å². The first kappa shape index (κ1) is 6.70. The first-order chi connectivity index (χ1) is 5.34. The van der Waals surface area contributed by atoms with Crippen LogP contribution in [0.5, 0.6) is 0 Å². The van der Waals surface area contributed by atoms with E-state index >= 15 is 0 Å². The fourth-order valence-corrected chi connectivity index (χ4v) is 1.25. The summed E-state index contributed by atoms with van der Waals surface area (Å²) in [5.74, 6) is 1.01. The Morgan fingerprint density at radius 1 is 1.64 bits per heavy atom. The molecule has 0 aliphatic heterocycles. The van der Waals surface area contributed by atoms with E-state index in [-0.39, 0.29) is 0 Å². The lowest BCUT2D eigenvalue weighted by molar-refractivity contribution is 0.444. The van der Waals surface area contributed by atoms with Crippen molar-refractivity contribution >= 4 is 5.82 Å². The van der Waals surface area contributed by atoms with Gasteiger partial charge in [-0.3, -0.25) is 4.68 Å². The molecule has 1 aromatic heterocycles. The van der Waals surface area contributed by atoms with Crippen molar-refractivity contribution in [3.63, 3.8) is 0 Å². The van der Waals surface area contributed by atoms with Crippen LogP contribution in [0.15, 0.2) is 12.3 Å². The molecular formula is C8H13N3. The highest BCUT2D eigenvalue weighted by Crippen LogP contribution is 2.21. The molecule has 0 bridgehead atoms. The van der Waals surface area contributed by atoms with Crippen molar-refractivity contribution in [2.45, 2.75) is 25.3 Å². The quantitative estimate of drug-likeness (QED) is 0.692. The van der Waals surface area contributed by atoms with Gasteiger partial charge < -0.3 is 5.32 Å². The zero-order valence-electron chi connectivity index (χ0n) is 6.75. The van der Waals surface area contributed by atoms with E-state index in [1.54, 1.807) is 0 Å². The minimum absolute atomic E-state index is 0.685. The predicted molar refractivity (Wildman–Crippen MR) is 44.5 cm³/mol. The highest BCUT2D eigenvalue weighted by molar-refractivity contribution is 5.33. The van der Waals surface area contributed by atoms with Gasteiger partial charge in [0.05, 0.1) is 0 Å². The fourth-order valence-electron chi connectivity index (χ4n) is 1.25. The van der Waals surface area contributed by atoms with Gasteiger partial charge >= 0.3 is 0 Å². The molecule has 0 spiro atoms. The minimum Gasteiger partial charge on any atom is -0.366 e. The maximum absolute atomic E-state index is 4.24. The summed E-state index contributed by atoms with van der Waals surface area (Å²) in [5.41, 5.74) is 0. The first-order valence-corrected chi connectivity index (χ1v) is 4.11. The van der Waals surface area contributed by atoms with Crippen LogP contribution in [0.25, 0.3) is 0 Å². The van der Waals surface area contributed by atoms with E-state index < -0.39 is 0 Å². The van der Waals surface area contributed by atoms with Crippen molar-refractivity contribution in [3.8, 4) is 0 Å². The van der Waals surface area contributed by atoms with Crippen LogP contribution in [-0.2, 0) is 7.05 Å². The van der Waals surface area contributed by atoms with Crippen molar-refractivity contribution in [1.82, 2.24) is 9.78 Å². The summed E-state index contributed by atoms with van der Waals surface area (Å²) in [6, 6.07) is 2.70. The average Bonchev–Trinajstić information content (AvgIpc) is 2.27. The van der Waals surface area contributed by atoms with Gasteiger partial charge in [0.2, 0.25) is 0 Å². The molecule has 2 rings (SSSR count). The number of nitrogens with one attached hydrogen (secondary N) is 1. The highest BCUT2D eigenvalue weighted by Gasteiger charge is 2.17. The molecule has 11 heavy (non-hydrogen) atoms. The third-order valence-electron chi connectivity index (χ3n) is 2.17. The second-order valence-corrected chi connectivity index (χ2v) is 3.15. The van der Waals surface area contributed by atoms with Gasteiger partial charge in [-0.1, -0.05) is 0 Å². The third-order valence-corrected chi connectivity index (χ3v) is 2.17. The van der Waals surface area contributed by atoms with E-state index in [0.717, 1.165) is 5.82 Å². The largest absolute Gasteiger partial charge is 0.366 e. The summed E-state index contributed by atoms with van der Waals surface area (Å²) in [6.45, 7) is 0. The summed E-state index contributed by atoms with van der Waals surface area (Å²) >= 11 is 0. The predicted octanol–water partition coefficient (Wildman–Crippen LogP) is 1.38. The molecular weight excluding hydrogens is 138 g/mol. The molecule has 3 heteroatoms. The van der Waals surface area contributed by atoms with Crippen LogP contribution in [0.1, 0.15) is 19.3 Å². The summed E-state index contributed by atoms with van der Waals surface area (Å²) < 4.78 is 1.82. The molecule has 0 unspecified atom stereocenters. The van der Waals surface area contributed by atoms with Gasteiger partial charge in [-0.05, 0) is 19.3 Å². The van der Waals surface area contributed by atoms with E-state index in [9.17, 15) is 0 Å². The number of rotatable bonds is 2. The van der Waals surface area contributed by atoms with Crippen molar-refractivity contribution in [2.24, 2.45) is 7.05 Å². The summed E-state index contributed by atoms with van der Waals surface area (Å²) in [7, 11) is 1.94. The molecule has 1 saturated carbocycles. The summed E-state index contributed by atoms with van der Waals surface area (Å²) in [6.07, 6.45) is 5.93. The van der Waals surface area contributed by atoms with Crippen molar-refractivity contribution < 1.29 is 0 Å². The molecule has 1 aliphatic rings. The molecule has 1 aliphatic carbocycles. The number of hydrogen-bond donors (Lipinski definition) is 1. The first-order valence-electron chi connectivity index (χ1n) is 4.11. The number of nitrogens with zero attached hydrogens (tertiary/aromatic N) is 2. The molecule has 0 saturated heterocycles. The van der Waals surface area contributed by atoms with E-state index in [1.165, 1.54) is 19.3 Å². The zero-order valence-corrected chi connectivity index (χ0v) is 6.75. The Bertz CT molecular complexity index is 237. The number of aryl methyl sites for hydroxylation is 1. The maximum atomic E-state index is 4.24. The topological polar surface area (TPSA) is 29.9 Å². The lowest BCUT2D eigenvalue weighted by atomic mass is 9.93. The van der Waals surface area contributed by atoms with Gasteiger partial charge in [0.25, 0.3) is 0 Å². The van der Waals surface area contributed by atoms with Gasteiger partial charge in [0.1, 0.15) is 5.82 Å². The number of aromatic nitrogens is 2. The smallest absolute Gasteiger partial charge is 0.148 e. The van der Waals surface area contributed by atoms with Crippen LogP contribution >= 0.6 is 0 Å². The molecule has 0 atom stereocenters. The Morgan fingerprint density at radius 2 is 2.45 bits per heavy atom. The van der Waals surface area contributed by atoms with Gasteiger partial charge in [-0.15, -0.1) is 0 Å². The monoisotopic (exact) mass is 151 g/mol. The van der Waals surface area contributed by atoms with E-state index in [4.69, 9.17) is 0 Å². The maximum Gasteiger partial charge on any atom is 0.148 e. The molecule has 0 aromatic carbocycles. The van der Waals surface area contributed by atoms with Crippen molar-refractivity contribution in [2.75, 3.05) is 5.32 Å². The Hall–Kier alpha value is -0.990. The second-order valence-electron chi connectivity index (χ2n) is 3.15. The minimum atomic E-state index is 0.685. The standard InChI is InChI=1S/C8H13N3/c1-11-6-5-8(10-11)9-7-3-2-4-7/h5-7H,2-4H2,1H3,(H,9,10). The van der Waals surface area contributed by atoms with Crippen molar-refractivity contribution in [1.29, 1.82) is 0 Å².